The van der Waals surface area contributed by atoms with Crippen molar-refractivity contribution in [2.75, 3.05) is 0 Å². The number of rotatable bonds is 9. The second kappa shape index (κ2) is 10.0. The minimum Gasteiger partial charge on any atom is -0.508 e. The van der Waals surface area contributed by atoms with Gasteiger partial charge < -0.3 is 26.0 Å². The number of carbonyl (C=O) groups excluding carboxylic acids is 2. The second-order valence-electron chi connectivity index (χ2n) is 6.62. The molecule has 1 atom stereocenters. The van der Waals surface area contributed by atoms with Gasteiger partial charge in [0, 0.05) is 12.1 Å². The molecule has 2 rings (SSSR count). The summed E-state index contributed by atoms with van der Waals surface area (Å²) in [5.74, 6) is -5.13. The van der Waals surface area contributed by atoms with E-state index in [1.165, 1.54) is 0 Å². The van der Waals surface area contributed by atoms with E-state index in [4.69, 9.17) is 0 Å². The van der Waals surface area contributed by atoms with Gasteiger partial charge in [0.05, 0.1) is 27.2 Å². The molecule has 1 unspecified atom stereocenters. The second-order valence-corrected chi connectivity index (χ2v) is 6.62. The van der Waals surface area contributed by atoms with E-state index in [1.807, 2.05) is 0 Å². The molecule has 0 fully saturated rings. The van der Waals surface area contributed by atoms with Crippen LogP contribution >= 0.6 is 0 Å². The number of phenolic OH excluding ortho intramolecular Hbond substituents is 1. The van der Waals surface area contributed by atoms with E-state index in [-0.39, 0.29) is 23.3 Å². The zero-order valence-corrected chi connectivity index (χ0v) is 16.7. The minimum absolute atomic E-state index is 0.177. The van der Waals surface area contributed by atoms with Crippen LogP contribution in [0.1, 0.15) is 61.2 Å². The van der Waals surface area contributed by atoms with Crippen LogP contribution in [0.3, 0.4) is 0 Å². The SMILES string of the molecule is CCCC(NC(=O)c1cc(O)ccc1C(=O)O)NC(=O)c1cc([N+](=O)[O-])ccc1C(=O)O. The van der Waals surface area contributed by atoms with Gasteiger partial charge in [-0.2, -0.15) is 0 Å². The molecule has 0 spiro atoms. The molecule has 0 aliphatic carbocycles. The first-order valence-electron chi connectivity index (χ1n) is 9.24. The fraction of sp³-hybridized carbons (Fsp3) is 0.200. The number of hydrogen-bond acceptors (Lipinski definition) is 7. The molecule has 0 aromatic heterocycles. The first kappa shape index (κ1) is 23.8. The number of amides is 2. The van der Waals surface area contributed by atoms with Crippen molar-refractivity contribution in [2.24, 2.45) is 0 Å². The zero-order chi connectivity index (χ0) is 24.0. The first-order chi connectivity index (χ1) is 15.0. The lowest BCUT2D eigenvalue weighted by Crippen LogP contribution is -2.48. The van der Waals surface area contributed by atoms with Crippen LogP contribution in [-0.2, 0) is 0 Å². The van der Waals surface area contributed by atoms with Crippen molar-refractivity contribution < 1.29 is 39.4 Å². The summed E-state index contributed by atoms with van der Waals surface area (Å²) < 4.78 is 0. The molecule has 0 heterocycles. The van der Waals surface area contributed by atoms with E-state index < -0.39 is 51.7 Å². The lowest BCUT2D eigenvalue weighted by atomic mass is 10.0. The summed E-state index contributed by atoms with van der Waals surface area (Å²) in [6.45, 7) is 1.73. The molecular weight excluding hydrogens is 426 g/mol. The Balaban J connectivity index is 2.33. The van der Waals surface area contributed by atoms with Crippen molar-refractivity contribution in [1.29, 1.82) is 0 Å². The molecule has 0 aliphatic heterocycles. The summed E-state index contributed by atoms with van der Waals surface area (Å²) in [7, 11) is 0. The first-order valence-corrected chi connectivity index (χ1v) is 9.24. The number of nitrogens with one attached hydrogen (secondary N) is 2. The van der Waals surface area contributed by atoms with Crippen molar-refractivity contribution in [3.8, 4) is 5.75 Å². The van der Waals surface area contributed by atoms with Crippen molar-refractivity contribution >= 4 is 29.4 Å². The molecule has 2 aromatic rings. The van der Waals surface area contributed by atoms with Crippen LogP contribution in [0.4, 0.5) is 5.69 Å². The van der Waals surface area contributed by atoms with Gasteiger partial charge in [-0.15, -0.1) is 0 Å². The fourth-order valence-electron chi connectivity index (χ4n) is 2.87. The maximum atomic E-state index is 12.7. The third-order valence-corrected chi connectivity index (χ3v) is 4.36. The normalized spacial score (nSPS) is 11.3. The Hall–Kier alpha value is -4.48. The van der Waals surface area contributed by atoms with Gasteiger partial charge in [0.15, 0.2) is 0 Å². The van der Waals surface area contributed by atoms with Crippen molar-refractivity contribution in [3.63, 3.8) is 0 Å². The summed E-state index contributed by atoms with van der Waals surface area (Å²) in [6, 6.07) is 5.77. The Morgan fingerprint density at radius 1 is 0.906 bits per heavy atom. The summed E-state index contributed by atoms with van der Waals surface area (Å²) in [5.41, 5.74) is -2.19. The van der Waals surface area contributed by atoms with Gasteiger partial charge in [-0.3, -0.25) is 19.7 Å². The fourth-order valence-corrected chi connectivity index (χ4v) is 2.87. The van der Waals surface area contributed by atoms with Crippen molar-refractivity contribution in [3.05, 3.63) is 68.8 Å². The summed E-state index contributed by atoms with van der Waals surface area (Å²) in [5, 5.41) is 43.9. The third-order valence-electron chi connectivity index (χ3n) is 4.36. The standard InChI is InChI=1S/C20H19N3O9/c1-2-3-16(22-18(26)15-9-11(24)5-7-13(15)20(29)30)21-17(25)14-8-10(23(31)32)4-6-12(14)19(27)28/h4-9,16,24H,2-3H2,1H3,(H,21,25)(H,22,26)(H,27,28)(H,29,30). The molecule has 0 aliphatic rings. The van der Waals surface area contributed by atoms with E-state index in [0.29, 0.717) is 6.42 Å². The molecule has 168 valence electrons. The maximum absolute atomic E-state index is 12.7. The topological polar surface area (TPSA) is 196 Å². The van der Waals surface area contributed by atoms with E-state index in [1.54, 1.807) is 6.92 Å². The lowest BCUT2D eigenvalue weighted by molar-refractivity contribution is -0.384. The number of carbonyl (C=O) groups is 4. The Morgan fingerprint density at radius 3 is 1.88 bits per heavy atom. The smallest absolute Gasteiger partial charge is 0.336 e. The molecule has 0 bridgehead atoms. The molecule has 0 saturated heterocycles. The van der Waals surface area contributed by atoms with Gasteiger partial charge in [0.1, 0.15) is 11.9 Å². The molecule has 0 radical (unpaired) electrons. The Bertz CT molecular complexity index is 1100. The van der Waals surface area contributed by atoms with E-state index >= 15 is 0 Å². The Kier molecular flexibility index (Phi) is 7.45. The highest BCUT2D eigenvalue weighted by Crippen LogP contribution is 2.19. The van der Waals surface area contributed by atoms with Crippen molar-refractivity contribution in [1.82, 2.24) is 10.6 Å². The Morgan fingerprint density at radius 2 is 1.41 bits per heavy atom. The van der Waals surface area contributed by atoms with Gasteiger partial charge in [0.2, 0.25) is 0 Å². The van der Waals surface area contributed by atoms with Gasteiger partial charge >= 0.3 is 11.9 Å². The number of nitro benzene ring substituents is 1. The number of benzene rings is 2. The molecule has 2 amide bonds. The van der Waals surface area contributed by atoms with Gasteiger partial charge in [0.25, 0.3) is 17.5 Å². The van der Waals surface area contributed by atoms with Gasteiger partial charge in [-0.25, -0.2) is 9.59 Å². The summed E-state index contributed by atoms with van der Waals surface area (Å²) in [6.07, 6.45) is -0.432. The monoisotopic (exact) mass is 445 g/mol. The lowest BCUT2D eigenvalue weighted by Gasteiger charge is -2.21. The molecular formula is C20H19N3O9. The number of carboxylic acids is 2. The highest BCUT2D eigenvalue weighted by Gasteiger charge is 2.25. The maximum Gasteiger partial charge on any atom is 0.336 e. The largest absolute Gasteiger partial charge is 0.508 e. The average molecular weight is 445 g/mol. The molecule has 2 aromatic carbocycles. The van der Waals surface area contributed by atoms with Crippen LogP contribution in [0, 0.1) is 10.1 Å². The predicted molar refractivity (Wildman–Crippen MR) is 109 cm³/mol. The van der Waals surface area contributed by atoms with E-state index in [2.05, 4.69) is 10.6 Å². The zero-order valence-electron chi connectivity index (χ0n) is 16.7. The average Bonchev–Trinajstić information content (AvgIpc) is 2.72. The van der Waals surface area contributed by atoms with E-state index in [9.17, 15) is 44.6 Å². The number of aromatic hydroxyl groups is 1. The quantitative estimate of drug-likeness (QED) is 0.218. The van der Waals surface area contributed by atoms with E-state index in [0.717, 1.165) is 36.4 Å². The van der Waals surface area contributed by atoms with Crippen LogP contribution in [-0.4, -0.2) is 50.2 Å². The number of aromatic carboxylic acids is 2. The summed E-state index contributed by atoms with van der Waals surface area (Å²) in [4.78, 5) is 58.3. The number of hydrogen-bond donors (Lipinski definition) is 5. The minimum atomic E-state index is -1.48. The van der Waals surface area contributed by atoms with Crippen LogP contribution in [0.15, 0.2) is 36.4 Å². The van der Waals surface area contributed by atoms with Gasteiger partial charge in [-0.1, -0.05) is 13.3 Å². The number of non-ortho nitro benzene ring substituents is 1. The van der Waals surface area contributed by atoms with Crippen LogP contribution in [0.5, 0.6) is 5.75 Å². The molecule has 0 saturated carbocycles. The summed E-state index contributed by atoms with van der Waals surface area (Å²) >= 11 is 0. The highest BCUT2D eigenvalue weighted by molar-refractivity contribution is 6.07. The number of nitro groups is 1. The number of nitrogens with zero attached hydrogens (tertiary/aromatic N) is 1. The van der Waals surface area contributed by atoms with Crippen LogP contribution in [0.2, 0.25) is 0 Å². The van der Waals surface area contributed by atoms with Gasteiger partial charge in [-0.05, 0) is 30.7 Å². The highest BCUT2D eigenvalue weighted by atomic mass is 16.6. The van der Waals surface area contributed by atoms with Crippen LogP contribution in [0.25, 0.3) is 0 Å². The molecule has 12 heteroatoms. The molecule has 12 nitrogen and oxygen atoms in total. The van der Waals surface area contributed by atoms with Crippen LogP contribution < -0.4 is 10.6 Å². The Labute approximate surface area is 180 Å². The number of phenols is 1. The molecule has 5 N–H and O–H groups in total. The number of carboxylic acid groups (broad SMARTS) is 2. The van der Waals surface area contributed by atoms with Crippen molar-refractivity contribution in [2.45, 2.75) is 25.9 Å². The predicted octanol–water partition coefficient (Wildman–Crippen LogP) is 1.98. The molecule has 32 heavy (non-hydrogen) atoms. The third kappa shape index (κ3) is 5.56.